The first-order chi connectivity index (χ1) is 11.8. The van der Waals surface area contributed by atoms with Gasteiger partial charge in [0.1, 0.15) is 5.75 Å². The van der Waals surface area contributed by atoms with Crippen LogP contribution in [0.5, 0.6) is 11.5 Å². The standard InChI is InChI=1S/C16H14Cl2N2O5/c1-9(25-14-5-3-10(17)7-12(14)18)16(21)19-11-4-6-15(24-2)13(8-11)20(22)23/h3-9H,1-2H3,(H,19,21)/t9-/m0/s1. The molecule has 132 valence electrons. The quantitative estimate of drug-likeness (QED) is 0.591. The predicted octanol–water partition coefficient (Wildman–Crippen LogP) is 4.32. The third-order valence-corrected chi connectivity index (χ3v) is 3.74. The van der Waals surface area contributed by atoms with Crippen molar-refractivity contribution < 1.29 is 19.2 Å². The Morgan fingerprint density at radius 1 is 1.20 bits per heavy atom. The average Bonchev–Trinajstić information content (AvgIpc) is 2.57. The Labute approximate surface area is 153 Å². The normalized spacial score (nSPS) is 11.5. The number of carbonyl (C=O) groups excluding carboxylic acids is 1. The maximum absolute atomic E-state index is 12.2. The molecule has 0 saturated heterocycles. The third kappa shape index (κ3) is 4.74. The van der Waals surface area contributed by atoms with Gasteiger partial charge in [-0.2, -0.15) is 0 Å². The van der Waals surface area contributed by atoms with Crippen LogP contribution in [-0.2, 0) is 4.79 Å². The van der Waals surface area contributed by atoms with Crippen LogP contribution in [0.4, 0.5) is 11.4 Å². The minimum atomic E-state index is -0.889. The van der Waals surface area contributed by atoms with Crippen LogP contribution in [0.25, 0.3) is 0 Å². The molecule has 0 aliphatic heterocycles. The fraction of sp³-hybridized carbons (Fsp3) is 0.188. The molecule has 7 nitrogen and oxygen atoms in total. The van der Waals surface area contributed by atoms with E-state index in [2.05, 4.69) is 5.32 Å². The number of nitro benzene ring substituents is 1. The minimum Gasteiger partial charge on any atom is -0.490 e. The van der Waals surface area contributed by atoms with Gasteiger partial charge in [-0.25, -0.2) is 0 Å². The van der Waals surface area contributed by atoms with Gasteiger partial charge < -0.3 is 14.8 Å². The molecule has 0 unspecified atom stereocenters. The highest BCUT2D eigenvalue weighted by molar-refractivity contribution is 6.35. The number of halogens is 2. The van der Waals surface area contributed by atoms with Crippen molar-refractivity contribution in [3.8, 4) is 11.5 Å². The smallest absolute Gasteiger partial charge is 0.312 e. The Morgan fingerprint density at radius 3 is 2.48 bits per heavy atom. The lowest BCUT2D eigenvalue weighted by molar-refractivity contribution is -0.385. The van der Waals surface area contributed by atoms with E-state index in [0.717, 1.165) is 0 Å². The molecule has 0 fully saturated rings. The molecule has 0 aromatic heterocycles. The molecule has 1 N–H and O–H groups in total. The number of benzene rings is 2. The maximum Gasteiger partial charge on any atom is 0.312 e. The Kier molecular flexibility index (Phi) is 6.06. The van der Waals surface area contributed by atoms with Crippen LogP contribution in [0.1, 0.15) is 6.92 Å². The van der Waals surface area contributed by atoms with Crippen LogP contribution >= 0.6 is 23.2 Å². The number of nitrogens with one attached hydrogen (secondary N) is 1. The van der Waals surface area contributed by atoms with E-state index in [1.165, 1.54) is 38.3 Å². The second-order valence-corrected chi connectivity index (χ2v) is 5.81. The van der Waals surface area contributed by atoms with Crippen LogP contribution in [0.2, 0.25) is 10.0 Å². The lowest BCUT2D eigenvalue weighted by Crippen LogP contribution is -2.30. The molecule has 1 atom stereocenters. The Bertz CT molecular complexity index is 813. The van der Waals surface area contributed by atoms with Crippen LogP contribution in [0, 0.1) is 10.1 Å². The molecule has 9 heteroatoms. The summed E-state index contributed by atoms with van der Waals surface area (Å²) in [5, 5.41) is 14.3. The van der Waals surface area contributed by atoms with Gasteiger partial charge in [0.15, 0.2) is 11.9 Å². The van der Waals surface area contributed by atoms with E-state index in [1.54, 1.807) is 12.1 Å². The molecule has 2 aromatic carbocycles. The zero-order valence-corrected chi connectivity index (χ0v) is 14.8. The number of methoxy groups -OCH3 is 1. The van der Waals surface area contributed by atoms with Crippen molar-refractivity contribution in [1.29, 1.82) is 0 Å². The highest BCUT2D eigenvalue weighted by Gasteiger charge is 2.20. The molecule has 0 aliphatic carbocycles. The van der Waals surface area contributed by atoms with Gasteiger partial charge in [-0.3, -0.25) is 14.9 Å². The summed E-state index contributed by atoms with van der Waals surface area (Å²) in [6.07, 6.45) is -0.889. The molecule has 1 amide bonds. The topological polar surface area (TPSA) is 90.7 Å². The van der Waals surface area contributed by atoms with Crippen LogP contribution in [0.3, 0.4) is 0 Å². The molecule has 0 heterocycles. The summed E-state index contributed by atoms with van der Waals surface area (Å²) < 4.78 is 10.4. The zero-order chi connectivity index (χ0) is 18.6. The van der Waals surface area contributed by atoms with Gasteiger partial charge in [-0.15, -0.1) is 0 Å². The summed E-state index contributed by atoms with van der Waals surface area (Å²) in [6.45, 7) is 1.53. The number of carbonyl (C=O) groups is 1. The molecule has 0 aliphatic rings. The first kappa shape index (κ1) is 18.8. The summed E-state index contributed by atoms with van der Waals surface area (Å²) in [6, 6.07) is 8.72. The number of amides is 1. The van der Waals surface area contributed by atoms with Crippen LogP contribution < -0.4 is 14.8 Å². The summed E-state index contributed by atoms with van der Waals surface area (Å²) >= 11 is 11.8. The van der Waals surface area contributed by atoms with E-state index in [1.807, 2.05) is 0 Å². The van der Waals surface area contributed by atoms with E-state index in [0.29, 0.717) is 10.8 Å². The summed E-state index contributed by atoms with van der Waals surface area (Å²) in [4.78, 5) is 22.7. The highest BCUT2D eigenvalue weighted by Crippen LogP contribution is 2.30. The number of ether oxygens (including phenoxy) is 2. The molecular formula is C16H14Cl2N2O5. The van der Waals surface area contributed by atoms with Crippen molar-refractivity contribution in [1.82, 2.24) is 0 Å². The van der Waals surface area contributed by atoms with E-state index in [-0.39, 0.29) is 22.1 Å². The summed E-state index contributed by atoms with van der Waals surface area (Å²) in [5.41, 5.74) is -0.00947. The van der Waals surface area contributed by atoms with Gasteiger partial charge in [0.05, 0.1) is 17.1 Å². The van der Waals surface area contributed by atoms with Gasteiger partial charge in [-0.05, 0) is 37.3 Å². The first-order valence-corrected chi connectivity index (χ1v) is 7.82. The lowest BCUT2D eigenvalue weighted by atomic mass is 10.2. The number of nitro groups is 1. The minimum absolute atomic E-state index is 0.0974. The largest absolute Gasteiger partial charge is 0.490 e. The highest BCUT2D eigenvalue weighted by atomic mass is 35.5. The first-order valence-electron chi connectivity index (χ1n) is 7.07. The van der Waals surface area contributed by atoms with Gasteiger partial charge >= 0.3 is 5.69 Å². The second-order valence-electron chi connectivity index (χ2n) is 4.97. The van der Waals surface area contributed by atoms with E-state index >= 15 is 0 Å². The predicted molar refractivity (Wildman–Crippen MR) is 94.8 cm³/mol. The van der Waals surface area contributed by atoms with Crippen molar-refractivity contribution in [3.63, 3.8) is 0 Å². The molecule has 0 saturated carbocycles. The zero-order valence-electron chi connectivity index (χ0n) is 13.3. The number of hydrogen-bond acceptors (Lipinski definition) is 5. The second kappa shape index (κ2) is 8.04. The molecule has 0 radical (unpaired) electrons. The third-order valence-electron chi connectivity index (χ3n) is 3.21. The van der Waals surface area contributed by atoms with E-state index in [4.69, 9.17) is 32.7 Å². The number of hydrogen-bond donors (Lipinski definition) is 1. The van der Waals surface area contributed by atoms with Gasteiger partial charge in [0.25, 0.3) is 5.91 Å². The maximum atomic E-state index is 12.2. The lowest BCUT2D eigenvalue weighted by Gasteiger charge is -2.16. The van der Waals surface area contributed by atoms with E-state index < -0.39 is 16.9 Å². The van der Waals surface area contributed by atoms with E-state index in [9.17, 15) is 14.9 Å². The van der Waals surface area contributed by atoms with Crippen LogP contribution in [-0.4, -0.2) is 24.0 Å². The summed E-state index contributed by atoms with van der Waals surface area (Å²) in [7, 11) is 1.33. The fourth-order valence-corrected chi connectivity index (χ4v) is 2.42. The van der Waals surface area contributed by atoms with Gasteiger partial charge in [-0.1, -0.05) is 23.2 Å². The van der Waals surface area contributed by atoms with Crippen molar-refractivity contribution in [3.05, 3.63) is 56.6 Å². The van der Waals surface area contributed by atoms with Crippen molar-refractivity contribution in [2.24, 2.45) is 0 Å². The number of anilines is 1. The molecule has 2 aromatic rings. The van der Waals surface area contributed by atoms with Crippen molar-refractivity contribution >= 4 is 40.5 Å². The molecule has 0 spiro atoms. The fourth-order valence-electron chi connectivity index (χ4n) is 1.97. The Morgan fingerprint density at radius 2 is 1.88 bits per heavy atom. The summed E-state index contributed by atoms with van der Waals surface area (Å²) in [5.74, 6) is -0.0971. The number of nitrogens with zero attached hydrogens (tertiary/aromatic N) is 1. The molecule has 2 rings (SSSR count). The monoisotopic (exact) mass is 384 g/mol. The van der Waals surface area contributed by atoms with Crippen molar-refractivity contribution in [2.75, 3.05) is 12.4 Å². The Hall–Kier alpha value is -2.51. The molecule has 25 heavy (non-hydrogen) atoms. The molecular weight excluding hydrogens is 371 g/mol. The number of rotatable bonds is 6. The van der Waals surface area contributed by atoms with Gasteiger partial charge in [0.2, 0.25) is 0 Å². The van der Waals surface area contributed by atoms with Crippen molar-refractivity contribution in [2.45, 2.75) is 13.0 Å². The average molecular weight is 385 g/mol. The molecule has 0 bridgehead atoms. The Balaban J connectivity index is 2.10. The SMILES string of the molecule is COc1ccc(NC(=O)[C@H](C)Oc2ccc(Cl)cc2Cl)cc1[N+](=O)[O-]. The van der Waals surface area contributed by atoms with Gasteiger partial charge in [0, 0.05) is 16.8 Å². The van der Waals surface area contributed by atoms with Crippen LogP contribution in [0.15, 0.2) is 36.4 Å².